The first kappa shape index (κ1) is 17.6. The lowest BCUT2D eigenvalue weighted by molar-refractivity contribution is 0.0786. The summed E-state index contributed by atoms with van der Waals surface area (Å²) < 4.78 is 13.2. The van der Waals surface area contributed by atoms with Crippen molar-refractivity contribution in [3.63, 3.8) is 0 Å². The molecule has 0 saturated heterocycles. The Labute approximate surface area is 160 Å². The third-order valence-electron chi connectivity index (χ3n) is 4.43. The van der Waals surface area contributed by atoms with Gasteiger partial charge in [0.05, 0.1) is 17.5 Å². The maximum Gasteiger partial charge on any atom is 0.254 e. The Morgan fingerprint density at radius 3 is 2.61 bits per heavy atom. The SMILES string of the molecule is CN(Cc1cn[nH]c1-c1ccc(F)cc1)C(=O)c1ccccc1-c1ncn[nH]1. The van der Waals surface area contributed by atoms with Gasteiger partial charge in [0.25, 0.3) is 5.91 Å². The minimum Gasteiger partial charge on any atom is -0.337 e. The zero-order valence-corrected chi connectivity index (χ0v) is 15.1. The summed E-state index contributed by atoms with van der Waals surface area (Å²) in [5.41, 5.74) is 3.59. The van der Waals surface area contributed by atoms with E-state index in [1.807, 2.05) is 18.2 Å². The van der Waals surface area contributed by atoms with Crippen molar-refractivity contribution in [3.8, 4) is 22.6 Å². The third kappa shape index (κ3) is 3.39. The number of benzene rings is 2. The van der Waals surface area contributed by atoms with E-state index in [2.05, 4.69) is 25.4 Å². The van der Waals surface area contributed by atoms with Crippen LogP contribution in [-0.2, 0) is 6.54 Å². The zero-order chi connectivity index (χ0) is 19.5. The van der Waals surface area contributed by atoms with E-state index in [1.54, 1.807) is 36.3 Å². The lowest BCUT2D eigenvalue weighted by Crippen LogP contribution is -2.26. The summed E-state index contributed by atoms with van der Waals surface area (Å²) in [4.78, 5) is 18.8. The van der Waals surface area contributed by atoms with E-state index in [1.165, 1.54) is 18.5 Å². The molecule has 0 saturated carbocycles. The smallest absolute Gasteiger partial charge is 0.254 e. The van der Waals surface area contributed by atoms with E-state index < -0.39 is 0 Å². The summed E-state index contributed by atoms with van der Waals surface area (Å²) in [5, 5.41) is 13.7. The minimum absolute atomic E-state index is 0.154. The predicted molar refractivity (Wildman–Crippen MR) is 102 cm³/mol. The van der Waals surface area contributed by atoms with Crippen LogP contribution in [0.1, 0.15) is 15.9 Å². The van der Waals surface area contributed by atoms with Crippen LogP contribution in [0.4, 0.5) is 4.39 Å². The summed E-state index contributed by atoms with van der Waals surface area (Å²) in [6.07, 6.45) is 3.07. The summed E-state index contributed by atoms with van der Waals surface area (Å²) in [6, 6.07) is 13.4. The second-order valence-corrected chi connectivity index (χ2v) is 6.32. The van der Waals surface area contributed by atoms with Gasteiger partial charge in [0, 0.05) is 30.3 Å². The zero-order valence-electron chi connectivity index (χ0n) is 15.1. The molecule has 2 aromatic carbocycles. The number of aromatic amines is 2. The summed E-state index contributed by atoms with van der Waals surface area (Å²) in [5.74, 6) is 0.0760. The highest BCUT2D eigenvalue weighted by Crippen LogP contribution is 2.24. The van der Waals surface area contributed by atoms with Crippen LogP contribution in [0, 0.1) is 5.82 Å². The highest BCUT2D eigenvalue weighted by atomic mass is 19.1. The number of nitrogens with zero attached hydrogens (tertiary/aromatic N) is 4. The molecule has 0 atom stereocenters. The average molecular weight is 376 g/mol. The normalized spacial score (nSPS) is 10.8. The molecule has 0 spiro atoms. The van der Waals surface area contributed by atoms with Gasteiger partial charge >= 0.3 is 0 Å². The van der Waals surface area contributed by atoms with Crippen LogP contribution in [0.2, 0.25) is 0 Å². The van der Waals surface area contributed by atoms with Crippen LogP contribution < -0.4 is 0 Å². The van der Waals surface area contributed by atoms with Gasteiger partial charge in [-0.15, -0.1) is 0 Å². The van der Waals surface area contributed by atoms with Crippen molar-refractivity contribution in [2.24, 2.45) is 0 Å². The van der Waals surface area contributed by atoms with E-state index in [0.29, 0.717) is 23.5 Å². The highest BCUT2D eigenvalue weighted by Gasteiger charge is 2.19. The van der Waals surface area contributed by atoms with Crippen LogP contribution in [-0.4, -0.2) is 43.2 Å². The maximum atomic E-state index is 13.2. The van der Waals surface area contributed by atoms with E-state index in [4.69, 9.17) is 0 Å². The standard InChI is InChI=1S/C20H17FN6O/c1-27(11-14-10-23-25-18(14)13-6-8-15(21)9-7-13)20(28)17-5-3-2-4-16(17)19-22-12-24-26-19/h2-10,12H,11H2,1H3,(H,23,25)(H,22,24,26). The molecule has 8 heteroatoms. The Bertz CT molecular complexity index is 1090. The van der Waals surface area contributed by atoms with Crippen molar-refractivity contribution in [1.82, 2.24) is 30.3 Å². The van der Waals surface area contributed by atoms with Crippen LogP contribution in [0.15, 0.2) is 61.1 Å². The van der Waals surface area contributed by atoms with Crippen LogP contribution in [0.25, 0.3) is 22.6 Å². The molecule has 0 bridgehead atoms. The number of rotatable bonds is 5. The quantitative estimate of drug-likeness (QED) is 0.559. The number of hydrogen-bond donors (Lipinski definition) is 2. The Hall–Kier alpha value is -3.81. The lowest BCUT2D eigenvalue weighted by Gasteiger charge is -2.18. The van der Waals surface area contributed by atoms with E-state index >= 15 is 0 Å². The van der Waals surface area contributed by atoms with Gasteiger partial charge in [-0.3, -0.25) is 15.0 Å². The molecule has 28 heavy (non-hydrogen) atoms. The second-order valence-electron chi connectivity index (χ2n) is 6.32. The van der Waals surface area contributed by atoms with Gasteiger partial charge in [0.15, 0.2) is 5.82 Å². The average Bonchev–Trinajstić information content (AvgIpc) is 3.40. The number of halogens is 1. The Kier molecular flexibility index (Phi) is 4.67. The maximum absolute atomic E-state index is 13.2. The van der Waals surface area contributed by atoms with Crippen molar-refractivity contribution in [1.29, 1.82) is 0 Å². The lowest BCUT2D eigenvalue weighted by atomic mass is 10.0. The van der Waals surface area contributed by atoms with Gasteiger partial charge in [-0.1, -0.05) is 18.2 Å². The van der Waals surface area contributed by atoms with Crippen molar-refractivity contribution < 1.29 is 9.18 Å². The van der Waals surface area contributed by atoms with Gasteiger partial charge in [-0.2, -0.15) is 10.2 Å². The molecule has 7 nitrogen and oxygen atoms in total. The van der Waals surface area contributed by atoms with E-state index in [9.17, 15) is 9.18 Å². The molecule has 0 aliphatic rings. The number of hydrogen-bond acceptors (Lipinski definition) is 4. The van der Waals surface area contributed by atoms with Crippen molar-refractivity contribution >= 4 is 5.91 Å². The predicted octanol–water partition coefficient (Wildman–Crippen LogP) is 3.27. The molecule has 1 amide bonds. The number of aromatic nitrogens is 5. The van der Waals surface area contributed by atoms with Crippen LogP contribution in [0.5, 0.6) is 0 Å². The molecule has 0 aliphatic heterocycles. The molecule has 2 aromatic heterocycles. The van der Waals surface area contributed by atoms with Crippen LogP contribution in [0.3, 0.4) is 0 Å². The van der Waals surface area contributed by atoms with E-state index in [0.717, 1.165) is 16.8 Å². The molecule has 2 N–H and O–H groups in total. The van der Waals surface area contributed by atoms with Crippen LogP contribution >= 0.6 is 0 Å². The van der Waals surface area contributed by atoms with Crippen molar-refractivity contribution in [2.45, 2.75) is 6.54 Å². The van der Waals surface area contributed by atoms with E-state index in [-0.39, 0.29) is 11.7 Å². The fourth-order valence-corrected chi connectivity index (χ4v) is 3.04. The highest BCUT2D eigenvalue weighted by molar-refractivity contribution is 6.00. The fraction of sp³-hybridized carbons (Fsp3) is 0.100. The van der Waals surface area contributed by atoms with Gasteiger partial charge < -0.3 is 4.90 Å². The fourth-order valence-electron chi connectivity index (χ4n) is 3.04. The monoisotopic (exact) mass is 376 g/mol. The Morgan fingerprint density at radius 2 is 1.86 bits per heavy atom. The molecule has 0 unspecified atom stereocenters. The largest absolute Gasteiger partial charge is 0.337 e. The molecule has 2 heterocycles. The molecule has 0 fully saturated rings. The van der Waals surface area contributed by atoms with Gasteiger partial charge in [0.2, 0.25) is 0 Å². The molecular weight excluding hydrogens is 359 g/mol. The van der Waals surface area contributed by atoms with Gasteiger partial charge in [-0.25, -0.2) is 9.37 Å². The first-order chi connectivity index (χ1) is 13.6. The van der Waals surface area contributed by atoms with Crippen molar-refractivity contribution in [2.75, 3.05) is 7.05 Å². The Morgan fingerprint density at radius 1 is 1.07 bits per heavy atom. The molecule has 0 aliphatic carbocycles. The molecular formula is C20H17FN6O. The van der Waals surface area contributed by atoms with Gasteiger partial charge in [-0.05, 0) is 30.3 Å². The number of amides is 1. The molecule has 4 rings (SSSR count). The third-order valence-corrected chi connectivity index (χ3v) is 4.43. The number of carbonyl (C=O) groups excluding carboxylic acids is 1. The molecule has 0 radical (unpaired) electrons. The number of nitrogens with one attached hydrogen (secondary N) is 2. The summed E-state index contributed by atoms with van der Waals surface area (Å²) in [7, 11) is 1.72. The Balaban J connectivity index is 1.59. The van der Waals surface area contributed by atoms with Crippen molar-refractivity contribution in [3.05, 3.63) is 78.0 Å². The summed E-state index contributed by atoms with van der Waals surface area (Å²) >= 11 is 0. The molecule has 4 aromatic rings. The van der Waals surface area contributed by atoms with Gasteiger partial charge in [0.1, 0.15) is 12.1 Å². The minimum atomic E-state index is -0.305. The molecule has 140 valence electrons. The number of carbonyl (C=O) groups is 1. The topological polar surface area (TPSA) is 90.6 Å². The number of H-pyrrole nitrogens is 2. The first-order valence-corrected chi connectivity index (χ1v) is 8.62. The second kappa shape index (κ2) is 7.43. The summed E-state index contributed by atoms with van der Waals surface area (Å²) in [6.45, 7) is 0.340. The first-order valence-electron chi connectivity index (χ1n) is 8.62.